The number of nitrogens with zero attached hydrogens (tertiary/aromatic N) is 2. The fourth-order valence-electron chi connectivity index (χ4n) is 2.88. The van der Waals surface area contributed by atoms with Crippen molar-refractivity contribution in [2.45, 2.75) is 25.5 Å². The van der Waals surface area contributed by atoms with Crippen LogP contribution in [-0.2, 0) is 11.3 Å². The van der Waals surface area contributed by atoms with Gasteiger partial charge in [-0.2, -0.15) is 0 Å². The molecule has 1 saturated heterocycles. The van der Waals surface area contributed by atoms with Gasteiger partial charge in [0.15, 0.2) is 0 Å². The summed E-state index contributed by atoms with van der Waals surface area (Å²) in [7, 11) is 1.57. The lowest BCUT2D eigenvalue weighted by Gasteiger charge is -2.26. The molecule has 138 valence electrons. The second kappa shape index (κ2) is 8.87. The molecular formula is C19H22ClN3O3. The van der Waals surface area contributed by atoms with Crippen molar-refractivity contribution in [3.05, 3.63) is 53.3 Å². The average molecular weight is 376 g/mol. The number of urea groups is 1. The Morgan fingerprint density at radius 3 is 3.00 bits per heavy atom. The SMILES string of the molecule is COc1ccc(NC(=O)N(Cc2cccnc2)CC2CCCO2)c(Cl)c1. The topological polar surface area (TPSA) is 63.7 Å². The number of methoxy groups -OCH3 is 1. The highest BCUT2D eigenvalue weighted by Crippen LogP contribution is 2.27. The molecule has 1 aliphatic rings. The summed E-state index contributed by atoms with van der Waals surface area (Å²) in [5, 5.41) is 3.31. The molecule has 2 heterocycles. The molecule has 2 amide bonds. The normalized spacial score (nSPS) is 16.3. The zero-order valence-electron chi connectivity index (χ0n) is 14.7. The van der Waals surface area contributed by atoms with Crippen molar-refractivity contribution >= 4 is 23.3 Å². The van der Waals surface area contributed by atoms with E-state index in [1.807, 2.05) is 12.1 Å². The van der Waals surface area contributed by atoms with Crippen molar-refractivity contribution in [2.24, 2.45) is 0 Å². The molecule has 26 heavy (non-hydrogen) atoms. The van der Waals surface area contributed by atoms with Gasteiger partial charge in [0.25, 0.3) is 0 Å². The number of halogens is 1. The molecule has 1 aliphatic heterocycles. The van der Waals surface area contributed by atoms with Crippen LogP contribution >= 0.6 is 11.6 Å². The van der Waals surface area contributed by atoms with E-state index in [1.165, 1.54) is 0 Å². The molecule has 1 fully saturated rings. The average Bonchev–Trinajstić information content (AvgIpc) is 3.17. The first-order valence-corrected chi connectivity index (χ1v) is 8.93. The number of hydrogen-bond donors (Lipinski definition) is 1. The molecule has 0 aliphatic carbocycles. The molecule has 1 atom stereocenters. The number of carbonyl (C=O) groups excluding carboxylic acids is 1. The fraction of sp³-hybridized carbons (Fsp3) is 0.368. The first kappa shape index (κ1) is 18.5. The Morgan fingerprint density at radius 1 is 1.46 bits per heavy atom. The molecule has 6 nitrogen and oxygen atoms in total. The highest BCUT2D eigenvalue weighted by molar-refractivity contribution is 6.33. The Hall–Kier alpha value is -2.31. The van der Waals surface area contributed by atoms with E-state index in [0.717, 1.165) is 25.0 Å². The predicted octanol–water partition coefficient (Wildman–Crippen LogP) is 3.96. The van der Waals surface area contributed by atoms with Crippen molar-refractivity contribution in [2.75, 3.05) is 25.6 Å². The Labute approximate surface area is 158 Å². The number of rotatable bonds is 6. The largest absolute Gasteiger partial charge is 0.497 e. The van der Waals surface area contributed by atoms with Gasteiger partial charge in [-0.3, -0.25) is 4.98 Å². The molecule has 0 spiro atoms. The summed E-state index contributed by atoms with van der Waals surface area (Å²) >= 11 is 6.24. The lowest BCUT2D eigenvalue weighted by atomic mass is 10.2. The number of pyridine rings is 1. The molecule has 1 aromatic heterocycles. The van der Waals surface area contributed by atoms with E-state index < -0.39 is 0 Å². The van der Waals surface area contributed by atoms with Gasteiger partial charge in [-0.05, 0) is 36.6 Å². The van der Waals surface area contributed by atoms with Crippen molar-refractivity contribution in [3.63, 3.8) is 0 Å². The second-order valence-corrected chi connectivity index (χ2v) is 6.56. The lowest BCUT2D eigenvalue weighted by Crippen LogP contribution is -2.39. The molecule has 0 bridgehead atoms. The second-order valence-electron chi connectivity index (χ2n) is 6.15. The number of aromatic nitrogens is 1. The maximum Gasteiger partial charge on any atom is 0.322 e. The van der Waals surface area contributed by atoms with Crippen molar-refractivity contribution < 1.29 is 14.3 Å². The smallest absolute Gasteiger partial charge is 0.322 e. The van der Waals surface area contributed by atoms with Gasteiger partial charge in [-0.25, -0.2) is 4.79 Å². The van der Waals surface area contributed by atoms with Crippen LogP contribution in [0.1, 0.15) is 18.4 Å². The Kier molecular flexibility index (Phi) is 6.30. The zero-order valence-corrected chi connectivity index (χ0v) is 15.4. The summed E-state index contributed by atoms with van der Waals surface area (Å²) in [4.78, 5) is 18.7. The van der Waals surface area contributed by atoms with Gasteiger partial charge in [0.2, 0.25) is 0 Å². The summed E-state index contributed by atoms with van der Waals surface area (Å²) in [6, 6.07) is 8.74. The van der Waals surface area contributed by atoms with Crippen LogP contribution in [0, 0.1) is 0 Å². The van der Waals surface area contributed by atoms with Crippen LogP contribution < -0.4 is 10.1 Å². The van der Waals surface area contributed by atoms with Gasteiger partial charge in [0.05, 0.1) is 23.9 Å². The Balaban J connectivity index is 1.72. The Morgan fingerprint density at radius 2 is 2.35 bits per heavy atom. The van der Waals surface area contributed by atoms with Crippen molar-refractivity contribution in [1.29, 1.82) is 0 Å². The van der Waals surface area contributed by atoms with Gasteiger partial charge >= 0.3 is 6.03 Å². The van der Waals surface area contributed by atoms with E-state index in [0.29, 0.717) is 29.5 Å². The third kappa shape index (κ3) is 4.86. The Bertz CT molecular complexity index is 736. The van der Waals surface area contributed by atoms with Gasteiger partial charge in [0.1, 0.15) is 5.75 Å². The quantitative estimate of drug-likeness (QED) is 0.830. The monoisotopic (exact) mass is 375 g/mol. The minimum atomic E-state index is -0.226. The zero-order chi connectivity index (χ0) is 18.4. The molecule has 3 rings (SSSR count). The number of nitrogens with one attached hydrogen (secondary N) is 1. The number of amides is 2. The minimum absolute atomic E-state index is 0.0590. The van der Waals surface area contributed by atoms with E-state index >= 15 is 0 Å². The van der Waals surface area contributed by atoms with Crippen LogP contribution in [-0.4, -0.2) is 42.3 Å². The van der Waals surface area contributed by atoms with Gasteiger partial charge < -0.3 is 19.7 Å². The maximum atomic E-state index is 12.9. The lowest BCUT2D eigenvalue weighted by molar-refractivity contribution is 0.0819. The molecule has 1 N–H and O–H groups in total. The fourth-order valence-corrected chi connectivity index (χ4v) is 3.10. The van der Waals surface area contributed by atoms with Gasteiger partial charge in [-0.1, -0.05) is 17.7 Å². The van der Waals surface area contributed by atoms with Gasteiger partial charge in [-0.15, -0.1) is 0 Å². The first-order valence-electron chi connectivity index (χ1n) is 8.55. The van der Waals surface area contributed by atoms with E-state index in [9.17, 15) is 4.79 Å². The summed E-state index contributed by atoms with van der Waals surface area (Å²) in [6.45, 7) is 1.72. The molecular weight excluding hydrogens is 354 g/mol. The predicted molar refractivity (Wildman–Crippen MR) is 101 cm³/mol. The highest BCUT2D eigenvalue weighted by Gasteiger charge is 2.23. The third-order valence-corrected chi connectivity index (χ3v) is 4.56. The molecule has 0 saturated carbocycles. The van der Waals surface area contributed by atoms with E-state index in [1.54, 1.807) is 42.6 Å². The molecule has 1 unspecified atom stereocenters. The van der Waals surface area contributed by atoms with Crippen molar-refractivity contribution in [3.8, 4) is 5.75 Å². The molecule has 0 radical (unpaired) electrons. The standard InChI is InChI=1S/C19H22ClN3O3/c1-25-15-6-7-18(17(20)10-15)22-19(24)23(13-16-5-3-9-26-16)12-14-4-2-8-21-11-14/h2,4,6-8,10-11,16H,3,5,9,12-13H2,1H3,(H,22,24). The summed E-state index contributed by atoms with van der Waals surface area (Å²) in [6.07, 6.45) is 5.52. The summed E-state index contributed by atoms with van der Waals surface area (Å²) in [5.74, 6) is 0.638. The number of anilines is 1. The third-order valence-electron chi connectivity index (χ3n) is 4.25. The molecule has 2 aromatic rings. The van der Waals surface area contributed by atoms with E-state index in [4.69, 9.17) is 21.1 Å². The summed E-state index contributed by atoms with van der Waals surface area (Å²) < 4.78 is 10.8. The summed E-state index contributed by atoms with van der Waals surface area (Å²) in [5.41, 5.74) is 1.50. The van der Waals surface area contributed by atoms with Crippen molar-refractivity contribution in [1.82, 2.24) is 9.88 Å². The first-order chi connectivity index (χ1) is 12.7. The van der Waals surface area contributed by atoms with Crippen LogP contribution in [0.3, 0.4) is 0 Å². The minimum Gasteiger partial charge on any atom is -0.497 e. The van der Waals surface area contributed by atoms with Gasteiger partial charge in [0, 0.05) is 38.2 Å². The maximum absolute atomic E-state index is 12.9. The van der Waals surface area contributed by atoms with Crippen LogP contribution in [0.15, 0.2) is 42.7 Å². The highest BCUT2D eigenvalue weighted by atomic mass is 35.5. The van der Waals surface area contributed by atoms with Crippen LogP contribution in [0.5, 0.6) is 5.75 Å². The van der Waals surface area contributed by atoms with Crippen LogP contribution in [0.2, 0.25) is 5.02 Å². The molecule has 7 heteroatoms. The molecule has 1 aromatic carbocycles. The van der Waals surface area contributed by atoms with E-state index in [-0.39, 0.29) is 12.1 Å². The number of ether oxygens (including phenoxy) is 2. The van der Waals surface area contributed by atoms with E-state index in [2.05, 4.69) is 10.3 Å². The van der Waals surface area contributed by atoms with Crippen LogP contribution in [0.25, 0.3) is 0 Å². The number of hydrogen-bond acceptors (Lipinski definition) is 4. The van der Waals surface area contributed by atoms with Crippen LogP contribution in [0.4, 0.5) is 10.5 Å². The number of carbonyl (C=O) groups is 1. The number of benzene rings is 1.